The van der Waals surface area contributed by atoms with Crippen molar-refractivity contribution in [2.24, 2.45) is 11.7 Å². The normalized spacial score (nSPS) is 24.6. The second kappa shape index (κ2) is 5.68. The number of nitrogens with one attached hydrogen (secondary N) is 1. The van der Waals surface area contributed by atoms with E-state index in [4.69, 9.17) is 15.9 Å². The smallest absolute Gasteiger partial charge is 0.387 e. The lowest BCUT2D eigenvalue weighted by Crippen LogP contribution is -2.51. The Morgan fingerprint density at radius 2 is 2.24 bits per heavy atom. The van der Waals surface area contributed by atoms with Crippen LogP contribution in [0.4, 0.5) is 13.2 Å². The maximum Gasteiger partial charge on any atom is 0.399 e. The fraction of sp³-hybridized carbons (Fsp3) is 0.900. The van der Waals surface area contributed by atoms with Crippen molar-refractivity contribution in [2.75, 3.05) is 26.3 Å². The molecule has 4 nitrogen and oxygen atoms in total. The molecule has 1 fully saturated rings. The molecule has 0 spiro atoms. The first-order chi connectivity index (χ1) is 7.86. The van der Waals surface area contributed by atoms with Gasteiger partial charge < -0.3 is 10.5 Å². The van der Waals surface area contributed by atoms with Crippen molar-refractivity contribution in [3.05, 3.63) is 0 Å². The number of amidine groups is 1. The molecule has 1 rings (SSSR count). The lowest BCUT2D eigenvalue weighted by atomic mass is 10.0. The predicted octanol–water partition coefficient (Wildman–Crippen LogP) is 1.21. The van der Waals surface area contributed by atoms with Crippen LogP contribution in [-0.4, -0.2) is 49.3 Å². The van der Waals surface area contributed by atoms with Crippen molar-refractivity contribution in [1.82, 2.24) is 4.90 Å². The Morgan fingerprint density at radius 3 is 2.71 bits per heavy atom. The van der Waals surface area contributed by atoms with Crippen molar-refractivity contribution >= 4 is 5.84 Å². The van der Waals surface area contributed by atoms with E-state index in [2.05, 4.69) is 0 Å². The number of ether oxygens (including phenoxy) is 1. The number of rotatable bonds is 4. The van der Waals surface area contributed by atoms with E-state index in [0.717, 1.165) is 6.42 Å². The molecule has 17 heavy (non-hydrogen) atoms. The van der Waals surface area contributed by atoms with Crippen molar-refractivity contribution in [3.8, 4) is 0 Å². The topological polar surface area (TPSA) is 62.3 Å². The van der Waals surface area contributed by atoms with Gasteiger partial charge in [0.05, 0.1) is 13.2 Å². The first-order valence-electron chi connectivity index (χ1n) is 5.58. The SMILES string of the molecule is CCC1COCCN1CC(C(=N)N)C(F)(F)F. The molecule has 100 valence electrons. The molecule has 0 radical (unpaired) electrons. The summed E-state index contributed by atoms with van der Waals surface area (Å²) in [5.41, 5.74) is 5.03. The van der Waals surface area contributed by atoms with Gasteiger partial charge in [-0.3, -0.25) is 10.3 Å². The molecular formula is C10H18F3N3O. The van der Waals surface area contributed by atoms with E-state index in [-0.39, 0.29) is 12.6 Å². The third-order valence-corrected chi connectivity index (χ3v) is 3.01. The largest absolute Gasteiger partial charge is 0.399 e. The van der Waals surface area contributed by atoms with Gasteiger partial charge in [0.2, 0.25) is 0 Å². The van der Waals surface area contributed by atoms with Crippen LogP contribution in [0, 0.1) is 11.3 Å². The summed E-state index contributed by atoms with van der Waals surface area (Å²) in [6.45, 7) is 2.99. The average Bonchev–Trinajstić information content (AvgIpc) is 2.24. The minimum Gasteiger partial charge on any atom is -0.387 e. The van der Waals surface area contributed by atoms with Crippen LogP contribution < -0.4 is 5.73 Å². The molecule has 0 aliphatic carbocycles. The van der Waals surface area contributed by atoms with Crippen molar-refractivity contribution in [1.29, 1.82) is 5.41 Å². The zero-order valence-electron chi connectivity index (χ0n) is 9.76. The molecule has 1 aliphatic rings. The number of morpholine rings is 1. The molecule has 0 aromatic rings. The van der Waals surface area contributed by atoms with Gasteiger partial charge in [0, 0.05) is 19.1 Å². The second-order valence-electron chi connectivity index (χ2n) is 4.18. The lowest BCUT2D eigenvalue weighted by Gasteiger charge is -2.37. The highest BCUT2D eigenvalue weighted by atomic mass is 19.4. The van der Waals surface area contributed by atoms with E-state index >= 15 is 0 Å². The number of nitrogens with zero attached hydrogens (tertiary/aromatic N) is 1. The standard InChI is InChI=1S/C10H18F3N3O/c1-2-7-6-17-4-3-16(7)5-8(9(14)15)10(11,12)13/h7-8H,2-6H2,1H3,(H3,14,15). The van der Waals surface area contributed by atoms with Gasteiger partial charge in [-0.2, -0.15) is 13.2 Å². The Hall–Kier alpha value is -0.820. The van der Waals surface area contributed by atoms with Gasteiger partial charge in [0.1, 0.15) is 11.8 Å². The summed E-state index contributed by atoms with van der Waals surface area (Å²) < 4.78 is 43.3. The highest BCUT2D eigenvalue weighted by Gasteiger charge is 2.43. The van der Waals surface area contributed by atoms with Crippen LogP contribution in [0.5, 0.6) is 0 Å². The van der Waals surface area contributed by atoms with Crippen LogP contribution in [-0.2, 0) is 4.74 Å². The average molecular weight is 253 g/mol. The van der Waals surface area contributed by atoms with E-state index in [9.17, 15) is 13.2 Å². The monoisotopic (exact) mass is 253 g/mol. The molecule has 0 aromatic carbocycles. The van der Waals surface area contributed by atoms with Crippen molar-refractivity contribution in [2.45, 2.75) is 25.6 Å². The summed E-state index contributed by atoms with van der Waals surface area (Å²) in [4.78, 5) is 1.71. The van der Waals surface area contributed by atoms with Gasteiger partial charge in [-0.25, -0.2) is 0 Å². The van der Waals surface area contributed by atoms with Gasteiger partial charge in [-0.05, 0) is 6.42 Å². The second-order valence-corrected chi connectivity index (χ2v) is 4.18. The third-order valence-electron chi connectivity index (χ3n) is 3.01. The molecule has 0 bridgehead atoms. The van der Waals surface area contributed by atoms with Crippen molar-refractivity contribution < 1.29 is 17.9 Å². The van der Waals surface area contributed by atoms with E-state index in [1.54, 1.807) is 4.90 Å². The molecule has 3 N–H and O–H groups in total. The molecule has 1 saturated heterocycles. The van der Waals surface area contributed by atoms with Crippen LogP contribution in [0.2, 0.25) is 0 Å². The molecule has 0 saturated carbocycles. The summed E-state index contributed by atoms with van der Waals surface area (Å²) in [6.07, 6.45) is -3.73. The van der Waals surface area contributed by atoms with Crippen molar-refractivity contribution in [3.63, 3.8) is 0 Å². The Bertz CT molecular complexity index is 270. The molecule has 1 aliphatic heterocycles. The van der Waals surface area contributed by atoms with Gasteiger partial charge in [0.25, 0.3) is 0 Å². The fourth-order valence-electron chi connectivity index (χ4n) is 1.92. The van der Waals surface area contributed by atoms with E-state index in [0.29, 0.717) is 19.8 Å². The number of halogens is 3. The van der Waals surface area contributed by atoms with Gasteiger partial charge in [-0.15, -0.1) is 0 Å². The Morgan fingerprint density at radius 1 is 1.59 bits per heavy atom. The van der Waals surface area contributed by atoms with E-state index < -0.39 is 17.9 Å². The van der Waals surface area contributed by atoms with Crippen LogP contribution >= 0.6 is 0 Å². The van der Waals surface area contributed by atoms with Gasteiger partial charge >= 0.3 is 6.18 Å². The Balaban J connectivity index is 2.68. The maximum absolute atomic E-state index is 12.7. The van der Waals surface area contributed by atoms with Crippen LogP contribution in [0.15, 0.2) is 0 Å². The number of alkyl halides is 3. The molecule has 7 heteroatoms. The molecule has 2 atom stereocenters. The molecule has 1 heterocycles. The lowest BCUT2D eigenvalue weighted by molar-refractivity contribution is -0.164. The molecule has 0 aromatic heterocycles. The first-order valence-corrected chi connectivity index (χ1v) is 5.58. The first kappa shape index (κ1) is 14.2. The summed E-state index contributed by atoms with van der Waals surface area (Å²) in [5.74, 6) is -2.70. The molecular weight excluding hydrogens is 235 g/mol. The van der Waals surface area contributed by atoms with Crippen LogP contribution in [0.25, 0.3) is 0 Å². The number of hydrogen-bond acceptors (Lipinski definition) is 3. The minimum absolute atomic E-state index is 0.0204. The summed E-state index contributed by atoms with van der Waals surface area (Å²) >= 11 is 0. The molecule has 2 unspecified atom stereocenters. The zero-order chi connectivity index (χ0) is 13.1. The highest BCUT2D eigenvalue weighted by molar-refractivity contribution is 5.80. The summed E-state index contributed by atoms with van der Waals surface area (Å²) in [5, 5.41) is 7.05. The summed E-state index contributed by atoms with van der Waals surface area (Å²) in [6, 6.07) is -0.0204. The quantitative estimate of drug-likeness (QED) is 0.585. The third kappa shape index (κ3) is 3.85. The predicted molar refractivity (Wildman–Crippen MR) is 57.9 cm³/mol. The zero-order valence-corrected chi connectivity index (χ0v) is 9.76. The fourth-order valence-corrected chi connectivity index (χ4v) is 1.92. The Kier molecular flexibility index (Phi) is 4.76. The van der Waals surface area contributed by atoms with E-state index in [1.165, 1.54) is 0 Å². The Labute approximate surface area is 98.4 Å². The van der Waals surface area contributed by atoms with Gasteiger partial charge in [-0.1, -0.05) is 6.92 Å². The summed E-state index contributed by atoms with van der Waals surface area (Å²) in [7, 11) is 0. The number of hydrogen-bond donors (Lipinski definition) is 2. The van der Waals surface area contributed by atoms with Crippen LogP contribution in [0.1, 0.15) is 13.3 Å². The van der Waals surface area contributed by atoms with E-state index in [1.807, 2.05) is 6.92 Å². The number of nitrogens with two attached hydrogens (primary N) is 1. The minimum atomic E-state index is -4.46. The molecule has 0 amide bonds. The maximum atomic E-state index is 12.7. The van der Waals surface area contributed by atoms with Crippen LogP contribution in [0.3, 0.4) is 0 Å². The van der Waals surface area contributed by atoms with Gasteiger partial charge in [0.15, 0.2) is 0 Å². The highest BCUT2D eigenvalue weighted by Crippen LogP contribution is 2.28.